The Kier molecular flexibility index (Phi) is 3.85. The molecule has 0 saturated carbocycles. The highest BCUT2D eigenvalue weighted by Crippen LogP contribution is 2.18. The number of sulfonamides is 1. The van der Waals surface area contributed by atoms with Gasteiger partial charge < -0.3 is 5.11 Å². The SMILES string of the molecule is O=C(O)c1cncc(NS(=O)(=O)c2cc(F)cc(F)c2)c1. The molecule has 9 heteroatoms. The molecule has 0 aliphatic rings. The second kappa shape index (κ2) is 5.44. The Balaban J connectivity index is 2.37. The number of carboxylic acid groups (broad SMARTS) is 1. The van der Waals surface area contributed by atoms with Crippen LogP contribution in [-0.4, -0.2) is 24.5 Å². The molecule has 0 radical (unpaired) electrons. The van der Waals surface area contributed by atoms with Gasteiger partial charge in [0.1, 0.15) is 11.6 Å². The molecule has 0 fully saturated rings. The number of aromatic nitrogens is 1. The van der Waals surface area contributed by atoms with Gasteiger partial charge in [-0.05, 0) is 18.2 Å². The summed E-state index contributed by atoms with van der Waals surface area (Å²) in [7, 11) is -4.26. The first kappa shape index (κ1) is 14.9. The van der Waals surface area contributed by atoms with E-state index in [0.29, 0.717) is 18.2 Å². The fourth-order valence-corrected chi connectivity index (χ4v) is 2.59. The van der Waals surface area contributed by atoms with Gasteiger partial charge in [-0.1, -0.05) is 0 Å². The first-order valence-corrected chi connectivity index (χ1v) is 6.93. The van der Waals surface area contributed by atoms with Crippen LogP contribution in [0.25, 0.3) is 0 Å². The van der Waals surface area contributed by atoms with Crippen molar-refractivity contribution in [2.24, 2.45) is 0 Å². The third kappa shape index (κ3) is 3.51. The lowest BCUT2D eigenvalue weighted by atomic mass is 10.3. The number of pyridine rings is 1. The maximum Gasteiger partial charge on any atom is 0.337 e. The van der Waals surface area contributed by atoms with Crippen LogP contribution >= 0.6 is 0 Å². The number of carboxylic acids is 1. The highest BCUT2D eigenvalue weighted by Gasteiger charge is 2.17. The highest BCUT2D eigenvalue weighted by atomic mass is 32.2. The molecule has 0 unspecified atom stereocenters. The van der Waals surface area contributed by atoms with Gasteiger partial charge in [0.05, 0.1) is 22.3 Å². The van der Waals surface area contributed by atoms with Crippen LogP contribution in [0.5, 0.6) is 0 Å². The van der Waals surface area contributed by atoms with Crippen LogP contribution in [-0.2, 0) is 10.0 Å². The van der Waals surface area contributed by atoms with Gasteiger partial charge in [-0.3, -0.25) is 9.71 Å². The summed E-state index contributed by atoms with van der Waals surface area (Å²) < 4.78 is 52.0. The molecule has 2 aromatic rings. The van der Waals surface area contributed by atoms with Crippen LogP contribution in [0.2, 0.25) is 0 Å². The summed E-state index contributed by atoms with van der Waals surface area (Å²) in [4.78, 5) is 13.7. The summed E-state index contributed by atoms with van der Waals surface area (Å²) in [6.07, 6.45) is 2.10. The van der Waals surface area contributed by atoms with Gasteiger partial charge in [0.15, 0.2) is 0 Å². The van der Waals surface area contributed by atoms with Crippen molar-refractivity contribution < 1.29 is 27.1 Å². The zero-order valence-corrected chi connectivity index (χ0v) is 11.1. The van der Waals surface area contributed by atoms with Crippen molar-refractivity contribution in [3.8, 4) is 0 Å². The molecule has 1 aromatic heterocycles. The Bertz CT molecular complexity index is 788. The van der Waals surface area contributed by atoms with Crippen LogP contribution in [0.1, 0.15) is 10.4 Å². The number of aromatic carboxylic acids is 1. The summed E-state index contributed by atoms with van der Waals surface area (Å²) in [5.41, 5.74) is -0.375. The van der Waals surface area contributed by atoms with E-state index in [1.165, 1.54) is 0 Å². The molecule has 0 saturated heterocycles. The average molecular weight is 314 g/mol. The minimum atomic E-state index is -4.26. The lowest BCUT2D eigenvalue weighted by Gasteiger charge is -2.08. The topological polar surface area (TPSA) is 96.4 Å². The molecular weight excluding hydrogens is 306 g/mol. The second-order valence-electron chi connectivity index (χ2n) is 3.98. The Morgan fingerprint density at radius 1 is 1.10 bits per heavy atom. The predicted octanol–water partition coefficient (Wildman–Crippen LogP) is 1.86. The van der Waals surface area contributed by atoms with Crippen molar-refractivity contribution in [1.29, 1.82) is 0 Å². The number of hydrogen-bond donors (Lipinski definition) is 2. The molecule has 0 aliphatic heterocycles. The van der Waals surface area contributed by atoms with E-state index in [2.05, 4.69) is 4.98 Å². The number of benzene rings is 1. The molecule has 2 N–H and O–H groups in total. The molecule has 0 amide bonds. The van der Waals surface area contributed by atoms with Crippen molar-refractivity contribution in [3.63, 3.8) is 0 Å². The third-order valence-electron chi connectivity index (χ3n) is 2.38. The first-order valence-electron chi connectivity index (χ1n) is 5.45. The van der Waals surface area contributed by atoms with Gasteiger partial charge in [-0.2, -0.15) is 0 Å². The molecule has 1 aromatic carbocycles. The smallest absolute Gasteiger partial charge is 0.337 e. The van der Waals surface area contributed by atoms with Gasteiger partial charge in [0, 0.05) is 12.3 Å². The molecular formula is C12H8F2N2O4S. The number of nitrogens with zero attached hydrogens (tertiary/aromatic N) is 1. The zero-order chi connectivity index (χ0) is 15.6. The molecule has 0 aliphatic carbocycles. The van der Waals surface area contributed by atoms with Crippen LogP contribution in [0.15, 0.2) is 41.6 Å². The summed E-state index contributed by atoms with van der Waals surface area (Å²) in [5.74, 6) is -3.39. The second-order valence-corrected chi connectivity index (χ2v) is 5.66. The van der Waals surface area contributed by atoms with Crippen molar-refractivity contribution in [1.82, 2.24) is 4.98 Å². The predicted molar refractivity (Wildman–Crippen MR) is 68.4 cm³/mol. The van der Waals surface area contributed by atoms with Crippen LogP contribution in [0, 0.1) is 11.6 Å². The van der Waals surface area contributed by atoms with Crippen LogP contribution in [0.4, 0.5) is 14.5 Å². The molecule has 110 valence electrons. The van der Waals surface area contributed by atoms with Crippen molar-refractivity contribution in [3.05, 3.63) is 53.9 Å². The molecule has 21 heavy (non-hydrogen) atoms. The quantitative estimate of drug-likeness (QED) is 0.898. The fraction of sp³-hybridized carbons (Fsp3) is 0. The maximum atomic E-state index is 13.0. The van der Waals surface area contributed by atoms with Gasteiger partial charge >= 0.3 is 5.97 Å². The van der Waals surface area contributed by atoms with Gasteiger partial charge in [-0.25, -0.2) is 22.0 Å². The fourth-order valence-electron chi connectivity index (χ4n) is 1.51. The summed E-state index contributed by atoms with van der Waals surface area (Å²) in [5, 5.41) is 8.78. The Morgan fingerprint density at radius 3 is 2.29 bits per heavy atom. The molecule has 0 atom stereocenters. The van der Waals surface area contributed by atoms with E-state index < -0.39 is 32.5 Å². The van der Waals surface area contributed by atoms with Gasteiger partial charge in [0.2, 0.25) is 0 Å². The monoisotopic (exact) mass is 314 g/mol. The maximum absolute atomic E-state index is 13.0. The number of rotatable bonds is 4. The molecule has 2 rings (SSSR count). The van der Waals surface area contributed by atoms with E-state index in [9.17, 15) is 22.0 Å². The Morgan fingerprint density at radius 2 is 1.71 bits per heavy atom. The van der Waals surface area contributed by atoms with E-state index in [-0.39, 0.29) is 11.3 Å². The highest BCUT2D eigenvalue weighted by molar-refractivity contribution is 7.92. The molecule has 0 bridgehead atoms. The summed E-state index contributed by atoms with van der Waals surface area (Å²) in [6, 6.07) is 2.84. The average Bonchev–Trinajstić information content (AvgIpc) is 2.37. The minimum absolute atomic E-state index is 0.139. The van der Waals surface area contributed by atoms with E-state index in [1.807, 2.05) is 4.72 Å². The van der Waals surface area contributed by atoms with Crippen LogP contribution < -0.4 is 4.72 Å². The Hall–Kier alpha value is -2.55. The third-order valence-corrected chi connectivity index (χ3v) is 3.74. The van der Waals surface area contributed by atoms with Crippen molar-refractivity contribution in [2.75, 3.05) is 4.72 Å². The lowest BCUT2D eigenvalue weighted by molar-refractivity contribution is 0.0696. The number of nitrogens with one attached hydrogen (secondary N) is 1. The minimum Gasteiger partial charge on any atom is -0.478 e. The van der Waals surface area contributed by atoms with Crippen LogP contribution in [0.3, 0.4) is 0 Å². The molecule has 6 nitrogen and oxygen atoms in total. The number of carbonyl (C=O) groups is 1. The largest absolute Gasteiger partial charge is 0.478 e. The number of hydrogen-bond acceptors (Lipinski definition) is 4. The van der Waals surface area contributed by atoms with E-state index in [0.717, 1.165) is 18.5 Å². The summed E-state index contributed by atoms with van der Waals surface area (Å²) in [6.45, 7) is 0. The Labute approximate surface area is 118 Å². The molecule has 0 spiro atoms. The van der Waals surface area contributed by atoms with E-state index in [1.54, 1.807) is 0 Å². The lowest BCUT2D eigenvalue weighted by Crippen LogP contribution is -2.14. The standard InChI is InChI=1S/C12H8F2N2O4S/c13-8-2-9(14)4-11(3-8)21(19,20)16-10-1-7(12(17)18)5-15-6-10/h1-6,16H,(H,17,18). The summed E-state index contributed by atoms with van der Waals surface area (Å²) >= 11 is 0. The van der Waals surface area contributed by atoms with Crippen molar-refractivity contribution >= 4 is 21.7 Å². The molecule has 1 heterocycles. The van der Waals surface area contributed by atoms with E-state index in [4.69, 9.17) is 5.11 Å². The normalized spacial score (nSPS) is 11.1. The zero-order valence-electron chi connectivity index (χ0n) is 10.2. The van der Waals surface area contributed by atoms with Gasteiger partial charge in [0.25, 0.3) is 10.0 Å². The van der Waals surface area contributed by atoms with E-state index >= 15 is 0 Å². The van der Waals surface area contributed by atoms with Crippen molar-refractivity contribution in [2.45, 2.75) is 4.90 Å². The first-order chi connectivity index (χ1) is 9.78. The number of anilines is 1. The van der Waals surface area contributed by atoms with Gasteiger partial charge in [-0.15, -0.1) is 0 Å². The number of halogens is 2.